The molecule has 202 valence electrons. The van der Waals surface area contributed by atoms with Crippen molar-refractivity contribution >= 4 is 37.6 Å². The van der Waals surface area contributed by atoms with Gasteiger partial charge in [0.05, 0.1) is 10.6 Å². The molecular weight excluding hydrogens is 566 g/mol. The highest BCUT2D eigenvalue weighted by atomic mass is 35.5. The molecule has 1 aliphatic heterocycles. The molecule has 10 nitrogen and oxygen atoms in total. The maximum absolute atomic E-state index is 14.8. The number of pyridine rings is 1. The molecule has 1 aromatic heterocycles. The van der Waals surface area contributed by atoms with Crippen LogP contribution in [0.4, 0.5) is 8.78 Å². The molecule has 2 N–H and O–H groups in total. The first-order chi connectivity index (χ1) is 17.9. The number of halogens is 3. The van der Waals surface area contributed by atoms with Crippen molar-refractivity contribution in [3.05, 3.63) is 83.1 Å². The average molecular weight is 587 g/mol. The first kappa shape index (κ1) is 27.9. The average Bonchev–Trinajstić information content (AvgIpc) is 2.87. The molecule has 2 heterocycles. The Morgan fingerprint density at radius 2 is 1.63 bits per heavy atom. The predicted octanol–water partition coefficient (Wildman–Crippen LogP) is 2.50. The summed E-state index contributed by atoms with van der Waals surface area (Å²) in [6.45, 7) is -1.35. The van der Waals surface area contributed by atoms with Crippen molar-refractivity contribution < 1.29 is 35.1 Å². The van der Waals surface area contributed by atoms with Gasteiger partial charge < -0.3 is 10.5 Å². The Labute approximate surface area is 222 Å². The van der Waals surface area contributed by atoms with E-state index in [1.165, 1.54) is 48.8 Å². The fourth-order valence-corrected chi connectivity index (χ4v) is 7.09. The second kappa shape index (κ2) is 10.9. The van der Waals surface area contributed by atoms with Crippen molar-refractivity contribution in [1.82, 2.24) is 13.6 Å². The number of carbonyl (C=O) groups excluding carboxylic acids is 1. The number of amides is 1. The topological polar surface area (TPSA) is 140 Å². The normalized spacial score (nSPS) is 17.3. The van der Waals surface area contributed by atoms with Gasteiger partial charge in [-0.25, -0.2) is 25.6 Å². The van der Waals surface area contributed by atoms with Crippen molar-refractivity contribution in [1.29, 1.82) is 0 Å². The highest BCUT2D eigenvalue weighted by Crippen LogP contribution is 2.32. The van der Waals surface area contributed by atoms with Crippen molar-refractivity contribution in [3.8, 4) is 11.5 Å². The van der Waals surface area contributed by atoms with Crippen LogP contribution in [0.2, 0.25) is 5.02 Å². The van der Waals surface area contributed by atoms with Gasteiger partial charge in [0.25, 0.3) is 0 Å². The Morgan fingerprint density at radius 1 is 1.03 bits per heavy atom. The standard InChI is InChI=1S/C23H21ClF2N4O6S2/c24-16-1-3-17(4-2-16)36-22-19(25)11-18(12-20(22)26)38(34,35)30-10-9-29(13-21(30)23(27)31)37(32,33)14-15-5-7-28-8-6-15/h1-8,11-12,21H,9-10,13-14H2,(H2,27,31)/t21-/m1/s1. The molecule has 3 aromatic rings. The summed E-state index contributed by atoms with van der Waals surface area (Å²) in [6, 6.07) is 8.11. The molecule has 2 aromatic carbocycles. The molecule has 38 heavy (non-hydrogen) atoms. The van der Waals surface area contributed by atoms with Crippen LogP contribution in [0.3, 0.4) is 0 Å². The summed E-state index contributed by atoms with van der Waals surface area (Å²) in [4.78, 5) is 15.2. The number of hydrogen-bond donors (Lipinski definition) is 1. The minimum Gasteiger partial charge on any atom is -0.451 e. The molecule has 0 unspecified atom stereocenters. The summed E-state index contributed by atoms with van der Waals surface area (Å²) in [6.07, 6.45) is 2.84. The van der Waals surface area contributed by atoms with Gasteiger partial charge in [-0.3, -0.25) is 9.78 Å². The summed E-state index contributed by atoms with van der Waals surface area (Å²) in [5, 5.41) is 0.369. The number of benzene rings is 2. The zero-order valence-corrected chi connectivity index (χ0v) is 21.9. The molecule has 1 saturated heterocycles. The number of ether oxygens (including phenoxy) is 1. The molecule has 0 bridgehead atoms. The van der Waals surface area contributed by atoms with Gasteiger partial charge in [0, 0.05) is 37.1 Å². The van der Waals surface area contributed by atoms with Crippen LogP contribution >= 0.6 is 11.6 Å². The molecule has 0 radical (unpaired) electrons. The number of primary amides is 1. The van der Waals surface area contributed by atoms with E-state index in [-0.39, 0.29) is 12.3 Å². The lowest BCUT2D eigenvalue weighted by Crippen LogP contribution is -2.60. The van der Waals surface area contributed by atoms with Crippen LogP contribution in [0.1, 0.15) is 5.56 Å². The number of piperazine rings is 1. The number of nitrogens with two attached hydrogens (primary N) is 1. The Bertz CT molecular complexity index is 1540. The SMILES string of the molecule is NC(=O)[C@H]1CN(S(=O)(=O)Cc2ccncc2)CCN1S(=O)(=O)c1cc(F)c(Oc2ccc(Cl)cc2)c(F)c1. The lowest BCUT2D eigenvalue weighted by molar-refractivity contribution is -0.122. The highest BCUT2D eigenvalue weighted by Gasteiger charge is 2.42. The van der Waals surface area contributed by atoms with E-state index in [0.717, 1.165) is 4.31 Å². The minimum atomic E-state index is -4.67. The third kappa shape index (κ3) is 5.94. The van der Waals surface area contributed by atoms with Crippen LogP contribution in [-0.2, 0) is 30.6 Å². The molecule has 0 aliphatic carbocycles. The van der Waals surface area contributed by atoms with Crippen molar-refractivity contribution in [2.24, 2.45) is 5.73 Å². The zero-order valence-electron chi connectivity index (χ0n) is 19.5. The van der Waals surface area contributed by atoms with Crippen LogP contribution in [0.25, 0.3) is 0 Å². The largest absolute Gasteiger partial charge is 0.451 e. The van der Waals surface area contributed by atoms with E-state index >= 15 is 0 Å². The van der Waals surface area contributed by atoms with Crippen LogP contribution in [0, 0.1) is 11.6 Å². The van der Waals surface area contributed by atoms with E-state index in [0.29, 0.717) is 27.0 Å². The Balaban J connectivity index is 1.58. The van der Waals surface area contributed by atoms with Gasteiger partial charge in [-0.2, -0.15) is 8.61 Å². The molecule has 1 atom stereocenters. The third-order valence-corrected chi connectivity index (χ3v) is 9.68. The highest BCUT2D eigenvalue weighted by molar-refractivity contribution is 7.89. The first-order valence-electron chi connectivity index (χ1n) is 11.0. The number of nitrogens with zero attached hydrogens (tertiary/aromatic N) is 3. The number of sulfonamides is 2. The maximum atomic E-state index is 14.8. The first-order valence-corrected chi connectivity index (χ1v) is 14.4. The molecule has 1 fully saturated rings. The molecule has 0 saturated carbocycles. The maximum Gasteiger partial charge on any atom is 0.244 e. The summed E-state index contributed by atoms with van der Waals surface area (Å²) < 4.78 is 88.8. The second-order valence-corrected chi connectivity index (χ2v) is 12.6. The fourth-order valence-electron chi connectivity index (χ4n) is 3.83. The Morgan fingerprint density at radius 3 is 2.21 bits per heavy atom. The van der Waals surface area contributed by atoms with Crippen LogP contribution < -0.4 is 10.5 Å². The minimum absolute atomic E-state index is 0.0562. The van der Waals surface area contributed by atoms with E-state index in [1.807, 2.05) is 0 Å². The monoisotopic (exact) mass is 586 g/mol. The fraction of sp³-hybridized carbons (Fsp3) is 0.217. The quantitative estimate of drug-likeness (QED) is 0.428. The van der Waals surface area contributed by atoms with Gasteiger partial charge in [-0.05, 0) is 54.1 Å². The Kier molecular flexibility index (Phi) is 7.99. The molecule has 4 rings (SSSR count). The molecule has 1 amide bonds. The molecule has 15 heteroatoms. The second-order valence-electron chi connectivity index (χ2n) is 8.28. The molecule has 0 spiro atoms. The van der Waals surface area contributed by atoms with E-state index in [9.17, 15) is 30.4 Å². The van der Waals surface area contributed by atoms with E-state index < -0.39 is 73.1 Å². The van der Waals surface area contributed by atoms with Gasteiger partial charge in [0.1, 0.15) is 11.8 Å². The molecular formula is C23H21ClF2N4O6S2. The number of rotatable bonds is 8. The lowest BCUT2D eigenvalue weighted by atomic mass is 10.2. The predicted molar refractivity (Wildman–Crippen MR) is 133 cm³/mol. The van der Waals surface area contributed by atoms with Gasteiger partial charge in [0.2, 0.25) is 26.0 Å². The van der Waals surface area contributed by atoms with Gasteiger partial charge in [-0.1, -0.05) is 11.6 Å². The van der Waals surface area contributed by atoms with Crippen molar-refractivity contribution in [2.45, 2.75) is 16.7 Å². The van der Waals surface area contributed by atoms with Crippen molar-refractivity contribution in [3.63, 3.8) is 0 Å². The Hall–Kier alpha value is -3.17. The molecule has 1 aliphatic rings. The third-order valence-electron chi connectivity index (χ3n) is 5.73. The van der Waals surface area contributed by atoms with Gasteiger partial charge >= 0.3 is 0 Å². The van der Waals surface area contributed by atoms with Gasteiger partial charge in [0.15, 0.2) is 17.4 Å². The summed E-state index contributed by atoms with van der Waals surface area (Å²) in [5.41, 5.74) is 5.86. The van der Waals surface area contributed by atoms with Crippen molar-refractivity contribution in [2.75, 3.05) is 19.6 Å². The van der Waals surface area contributed by atoms with Gasteiger partial charge in [-0.15, -0.1) is 0 Å². The van der Waals surface area contributed by atoms with Crippen LogP contribution in [-0.4, -0.2) is 62.0 Å². The number of carbonyl (C=O) groups is 1. The number of aromatic nitrogens is 1. The van der Waals surface area contributed by atoms with E-state index in [4.69, 9.17) is 22.1 Å². The van der Waals surface area contributed by atoms with E-state index in [1.54, 1.807) is 0 Å². The van der Waals surface area contributed by atoms with E-state index in [2.05, 4.69) is 4.98 Å². The van der Waals surface area contributed by atoms with Crippen LogP contribution in [0.15, 0.2) is 65.8 Å². The smallest absolute Gasteiger partial charge is 0.244 e. The van der Waals surface area contributed by atoms with Crippen LogP contribution in [0.5, 0.6) is 11.5 Å². The lowest BCUT2D eigenvalue weighted by Gasteiger charge is -2.38. The number of hydrogen-bond acceptors (Lipinski definition) is 7. The summed E-state index contributed by atoms with van der Waals surface area (Å²) in [7, 11) is -8.63. The summed E-state index contributed by atoms with van der Waals surface area (Å²) in [5.74, 6) is -4.94. The zero-order chi connectivity index (χ0) is 27.7. The summed E-state index contributed by atoms with van der Waals surface area (Å²) >= 11 is 5.78.